The van der Waals surface area contributed by atoms with E-state index >= 15 is 0 Å². The number of methoxy groups -OCH3 is 4. The molecule has 144 valence electrons. The fraction of sp³-hybridized carbons (Fsp3) is 0.316. The number of fused-ring (bicyclic) bond motifs is 3. The van der Waals surface area contributed by atoms with E-state index in [0.717, 1.165) is 0 Å². The molecule has 0 N–H and O–H groups in total. The van der Waals surface area contributed by atoms with E-state index in [9.17, 15) is 4.79 Å². The highest BCUT2D eigenvalue weighted by Crippen LogP contribution is 2.47. The van der Waals surface area contributed by atoms with Crippen LogP contribution < -0.4 is 24.6 Å². The molecule has 8 heteroatoms. The van der Waals surface area contributed by atoms with Crippen LogP contribution in [0.15, 0.2) is 21.3 Å². The van der Waals surface area contributed by atoms with Gasteiger partial charge in [-0.15, -0.1) is 0 Å². The van der Waals surface area contributed by atoms with Crippen molar-refractivity contribution >= 4 is 33.3 Å². The number of benzene rings is 2. The fourth-order valence-corrected chi connectivity index (χ4v) is 3.30. The van der Waals surface area contributed by atoms with Crippen LogP contribution in [0.1, 0.15) is 5.56 Å². The van der Waals surface area contributed by atoms with Crippen LogP contribution in [-0.4, -0.2) is 35.2 Å². The molecule has 0 saturated heterocycles. The summed E-state index contributed by atoms with van der Waals surface area (Å²) in [5, 5.41) is 1.79. The zero-order valence-corrected chi connectivity index (χ0v) is 16.4. The third-order valence-electron chi connectivity index (χ3n) is 4.27. The molecule has 7 nitrogen and oxygen atoms in total. The Morgan fingerprint density at radius 3 is 2.33 bits per heavy atom. The Kier molecular flexibility index (Phi) is 5.34. The maximum Gasteiger partial charge on any atom is 0.348 e. The van der Waals surface area contributed by atoms with Crippen LogP contribution in [0.4, 0.5) is 0 Å². The maximum absolute atomic E-state index is 12.7. The summed E-state index contributed by atoms with van der Waals surface area (Å²) in [5.74, 6) is 1.31. The Hall–Kier alpha value is -2.64. The lowest BCUT2D eigenvalue weighted by Crippen LogP contribution is -2.07. The van der Waals surface area contributed by atoms with E-state index in [1.807, 2.05) is 0 Å². The van der Waals surface area contributed by atoms with Crippen molar-refractivity contribution in [2.24, 2.45) is 0 Å². The normalized spacial score (nSPS) is 11.0. The molecule has 0 atom stereocenters. The van der Waals surface area contributed by atoms with Crippen molar-refractivity contribution in [3.63, 3.8) is 0 Å². The third kappa shape index (κ3) is 3.02. The summed E-state index contributed by atoms with van der Waals surface area (Å²) in [6.07, 6.45) is 0. The van der Waals surface area contributed by atoms with Gasteiger partial charge in [-0.3, -0.25) is 0 Å². The highest BCUT2D eigenvalue weighted by atomic mass is 35.5. The first-order valence-corrected chi connectivity index (χ1v) is 8.36. The molecule has 1 aromatic heterocycles. The fourth-order valence-electron chi connectivity index (χ4n) is 3.04. The Morgan fingerprint density at radius 1 is 1.00 bits per heavy atom. The van der Waals surface area contributed by atoms with Crippen LogP contribution in [0.5, 0.6) is 23.0 Å². The predicted octanol–water partition coefficient (Wildman–Crippen LogP) is 3.92. The SMILES string of the molecule is COCOc1c(OC)c(Cl)c(C)c2c1oc(=O)c1c(OC)cc(OC)cc12. The molecule has 0 unspecified atom stereocenters. The zero-order valence-electron chi connectivity index (χ0n) is 15.6. The Labute approximate surface area is 160 Å². The largest absolute Gasteiger partial charge is 0.497 e. The molecule has 0 aliphatic heterocycles. The van der Waals surface area contributed by atoms with Gasteiger partial charge in [0.15, 0.2) is 18.1 Å². The Bertz CT molecular complexity index is 1070. The van der Waals surface area contributed by atoms with Gasteiger partial charge < -0.3 is 28.1 Å². The van der Waals surface area contributed by atoms with E-state index in [2.05, 4.69) is 0 Å². The Morgan fingerprint density at radius 2 is 1.74 bits per heavy atom. The van der Waals surface area contributed by atoms with E-state index < -0.39 is 5.63 Å². The summed E-state index contributed by atoms with van der Waals surface area (Å²) in [6.45, 7) is 1.73. The van der Waals surface area contributed by atoms with Crippen LogP contribution in [0.3, 0.4) is 0 Å². The standard InChI is InChI=1S/C19H19ClO7/c1-9-13-11-6-10(23-3)7-12(24-4)14(11)19(21)27-16(13)18(26-8-22-2)17(25-5)15(9)20/h6-7H,8H2,1-5H3. The molecular weight excluding hydrogens is 376 g/mol. The van der Waals surface area contributed by atoms with Crippen molar-refractivity contribution in [3.05, 3.63) is 33.1 Å². The van der Waals surface area contributed by atoms with Crippen molar-refractivity contribution in [1.82, 2.24) is 0 Å². The van der Waals surface area contributed by atoms with Crippen LogP contribution in [-0.2, 0) is 4.74 Å². The molecule has 0 saturated carbocycles. The summed E-state index contributed by atoms with van der Waals surface area (Å²) in [5.41, 5.74) is 0.291. The minimum absolute atomic E-state index is 0.0754. The number of hydrogen-bond donors (Lipinski definition) is 0. The van der Waals surface area contributed by atoms with Crippen molar-refractivity contribution in [3.8, 4) is 23.0 Å². The van der Waals surface area contributed by atoms with Gasteiger partial charge in [-0.2, -0.15) is 0 Å². The van der Waals surface area contributed by atoms with Gasteiger partial charge in [0.1, 0.15) is 16.9 Å². The summed E-state index contributed by atoms with van der Waals surface area (Å²) in [7, 11) is 5.94. The zero-order chi connectivity index (χ0) is 19.7. The van der Waals surface area contributed by atoms with Gasteiger partial charge in [0, 0.05) is 23.9 Å². The topological polar surface area (TPSA) is 76.4 Å². The van der Waals surface area contributed by atoms with Crippen molar-refractivity contribution < 1.29 is 28.1 Å². The first-order valence-electron chi connectivity index (χ1n) is 7.98. The number of aryl methyl sites for hydroxylation is 1. The average Bonchev–Trinajstić information content (AvgIpc) is 2.68. The molecule has 27 heavy (non-hydrogen) atoms. The van der Waals surface area contributed by atoms with E-state index in [4.69, 9.17) is 39.7 Å². The van der Waals surface area contributed by atoms with Crippen molar-refractivity contribution in [2.75, 3.05) is 35.2 Å². The number of halogens is 1. The minimum Gasteiger partial charge on any atom is -0.497 e. The van der Waals surface area contributed by atoms with Gasteiger partial charge in [-0.25, -0.2) is 4.79 Å². The smallest absolute Gasteiger partial charge is 0.348 e. The lowest BCUT2D eigenvalue weighted by Gasteiger charge is -2.17. The Balaban J connectivity index is 2.58. The molecule has 0 radical (unpaired) electrons. The van der Waals surface area contributed by atoms with Gasteiger partial charge in [-0.05, 0) is 18.6 Å². The third-order valence-corrected chi connectivity index (χ3v) is 4.72. The van der Waals surface area contributed by atoms with E-state index in [1.54, 1.807) is 19.1 Å². The molecule has 1 heterocycles. The highest BCUT2D eigenvalue weighted by molar-refractivity contribution is 6.35. The molecule has 0 spiro atoms. The van der Waals surface area contributed by atoms with Crippen LogP contribution in [0, 0.1) is 6.92 Å². The second-order valence-corrected chi connectivity index (χ2v) is 6.08. The van der Waals surface area contributed by atoms with Crippen molar-refractivity contribution in [1.29, 1.82) is 0 Å². The molecule has 0 aliphatic carbocycles. The number of rotatable bonds is 6. The van der Waals surface area contributed by atoms with Crippen LogP contribution >= 0.6 is 11.6 Å². The molecule has 0 bridgehead atoms. The lowest BCUT2D eigenvalue weighted by atomic mass is 10.0. The van der Waals surface area contributed by atoms with E-state index in [0.29, 0.717) is 32.9 Å². The number of ether oxygens (including phenoxy) is 5. The molecule has 0 amide bonds. The first-order chi connectivity index (χ1) is 13.0. The minimum atomic E-state index is -0.581. The molecule has 2 aromatic carbocycles. The number of hydrogen-bond acceptors (Lipinski definition) is 7. The van der Waals surface area contributed by atoms with Gasteiger partial charge in [-0.1, -0.05) is 11.6 Å². The van der Waals surface area contributed by atoms with Gasteiger partial charge in [0.25, 0.3) is 0 Å². The molecule has 0 aliphatic rings. The van der Waals surface area contributed by atoms with E-state index in [-0.39, 0.29) is 29.3 Å². The van der Waals surface area contributed by atoms with Gasteiger partial charge in [0.2, 0.25) is 5.75 Å². The molecular formula is C19H19ClO7. The summed E-state index contributed by atoms with van der Waals surface area (Å²) >= 11 is 6.52. The highest BCUT2D eigenvalue weighted by Gasteiger charge is 2.25. The predicted molar refractivity (Wildman–Crippen MR) is 102 cm³/mol. The maximum atomic E-state index is 12.7. The quantitative estimate of drug-likeness (QED) is 0.356. The van der Waals surface area contributed by atoms with Crippen molar-refractivity contribution in [2.45, 2.75) is 6.92 Å². The lowest BCUT2D eigenvalue weighted by molar-refractivity contribution is 0.0495. The average molecular weight is 395 g/mol. The molecule has 3 rings (SSSR count). The van der Waals surface area contributed by atoms with Gasteiger partial charge in [0.05, 0.1) is 26.4 Å². The van der Waals surface area contributed by atoms with Crippen LogP contribution in [0.25, 0.3) is 21.7 Å². The molecule has 0 fully saturated rings. The summed E-state index contributed by atoms with van der Waals surface area (Å²) in [4.78, 5) is 12.7. The summed E-state index contributed by atoms with van der Waals surface area (Å²) in [6, 6.07) is 3.35. The first kappa shape index (κ1) is 19.1. The van der Waals surface area contributed by atoms with Crippen LogP contribution in [0.2, 0.25) is 5.02 Å². The second kappa shape index (κ2) is 7.54. The van der Waals surface area contributed by atoms with E-state index in [1.165, 1.54) is 28.4 Å². The monoisotopic (exact) mass is 394 g/mol. The summed E-state index contributed by atoms with van der Waals surface area (Å²) < 4.78 is 32.3. The second-order valence-electron chi connectivity index (χ2n) is 5.70. The van der Waals surface area contributed by atoms with Gasteiger partial charge >= 0.3 is 5.63 Å². The molecule has 3 aromatic rings.